The molecule has 0 unspecified atom stereocenters. The number of hydrogen-bond acceptors (Lipinski definition) is 8. The van der Waals surface area contributed by atoms with Crippen LogP contribution in [0, 0.1) is 11.8 Å². The molecule has 4 atom stereocenters. The Morgan fingerprint density at radius 1 is 0.875 bits per heavy atom. The van der Waals surface area contributed by atoms with Crippen molar-refractivity contribution in [3.05, 3.63) is 35.9 Å². The van der Waals surface area contributed by atoms with Crippen LogP contribution >= 0.6 is 0 Å². The van der Waals surface area contributed by atoms with E-state index in [1.165, 1.54) is 7.11 Å². The zero-order chi connectivity index (χ0) is 17.9. The van der Waals surface area contributed by atoms with Crippen LogP contribution in [0.25, 0.3) is 0 Å². The molecule has 1 aliphatic rings. The summed E-state index contributed by atoms with van der Waals surface area (Å²) in [5.74, 6) is -4.77. The molecule has 1 heterocycles. The van der Waals surface area contributed by atoms with E-state index in [1.807, 2.05) is 0 Å². The molecule has 0 radical (unpaired) electrons. The van der Waals surface area contributed by atoms with Crippen molar-refractivity contribution in [2.24, 2.45) is 11.8 Å². The molecule has 1 aromatic rings. The van der Waals surface area contributed by atoms with Crippen molar-refractivity contribution in [3.8, 4) is 0 Å². The zero-order valence-electron chi connectivity index (χ0n) is 13.5. The Balaban J connectivity index is 2.58. The average Bonchev–Trinajstić information content (AvgIpc) is 2.93. The first-order chi connectivity index (χ1) is 11.5. The Hall–Kier alpha value is -2.45. The predicted molar refractivity (Wildman–Crippen MR) is 79.6 cm³/mol. The van der Waals surface area contributed by atoms with Gasteiger partial charge in [-0.2, -0.15) is 5.06 Å². The van der Waals surface area contributed by atoms with Crippen LogP contribution in [0.4, 0.5) is 0 Å². The number of hydrogen-bond donors (Lipinski definition) is 1. The van der Waals surface area contributed by atoms with Gasteiger partial charge in [0.05, 0.1) is 33.3 Å². The number of ether oxygens (including phenoxy) is 3. The van der Waals surface area contributed by atoms with E-state index in [4.69, 9.17) is 9.47 Å². The van der Waals surface area contributed by atoms with Crippen LogP contribution in [-0.4, -0.2) is 55.5 Å². The quantitative estimate of drug-likeness (QED) is 0.628. The first kappa shape index (κ1) is 17.9. The van der Waals surface area contributed by atoms with Crippen LogP contribution in [0.3, 0.4) is 0 Å². The first-order valence-electron chi connectivity index (χ1n) is 7.23. The maximum atomic E-state index is 12.3. The van der Waals surface area contributed by atoms with Gasteiger partial charge in [-0.05, 0) is 5.56 Å². The Morgan fingerprint density at radius 3 is 1.88 bits per heavy atom. The molecular formula is C16H19NO7. The number of methoxy groups -OCH3 is 3. The molecule has 0 bridgehead atoms. The van der Waals surface area contributed by atoms with Crippen molar-refractivity contribution in [1.29, 1.82) is 0 Å². The number of nitrogens with zero attached hydrogens (tertiary/aromatic N) is 1. The largest absolute Gasteiger partial charge is 0.469 e. The molecule has 1 saturated heterocycles. The molecule has 130 valence electrons. The summed E-state index contributed by atoms with van der Waals surface area (Å²) >= 11 is 0. The summed E-state index contributed by atoms with van der Waals surface area (Å²) in [6, 6.07) is 6.23. The highest BCUT2D eigenvalue weighted by Crippen LogP contribution is 2.45. The third kappa shape index (κ3) is 2.98. The van der Waals surface area contributed by atoms with Gasteiger partial charge in [0.2, 0.25) is 0 Å². The van der Waals surface area contributed by atoms with Gasteiger partial charge in [0, 0.05) is 0 Å². The normalized spacial score (nSPS) is 26.7. The van der Waals surface area contributed by atoms with Crippen LogP contribution in [0.5, 0.6) is 0 Å². The Kier molecular flexibility index (Phi) is 5.53. The van der Waals surface area contributed by atoms with Gasteiger partial charge in [0.25, 0.3) is 0 Å². The summed E-state index contributed by atoms with van der Waals surface area (Å²) in [6.07, 6.45) is 0. The van der Waals surface area contributed by atoms with E-state index >= 15 is 0 Å². The first-order valence-corrected chi connectivity index (χ1v) is 7.23. The van der Waals surface area contributed by atoms with Gasteiger partial charge < -0.3 is 19.4 Å². The molecule has 1 fully saturated rings. The Morgan fingerprint density at radius 2 is 1.38 bits per heavy atom. The van der Waals surface area contributed by atoms with E-state index in [9.17, 15) is 19.6 Å². The fraction of sp³-hybridized carbons (Fsp3) is 0.438. The van der Waals surface area contributed by atoms with Gasteiger partial charge in [-0.15, -0.1) is 0 Å². The monoisotopic (exact) mass is 337 g/mol. The second kappa shape index (κ2) is 7.41. The van der Waals surface area contributed by atoms with Crippen LogP contribution in [0.15, 0.2) is 30.3 Å². The topological polar surface area (TPSA) is 102 Å². The number of hydroxylamine groups is 2. The van der Waals surface area contributed by atoms with E-state index < -0.39 is 41.8 Å². The van der Waals surface area contributed by atoms with E-state index in [1.54, 1.807) is 30.3 Å². The van der Waals surface area contributed by atoms with Crippen molar-refractivity contribution in [3.63, 3.8) is 0 Å². The second-order valence-corrected chi connectivity index (χ2v) is 5.30. The molecule has 0 aromatic heterocycles. The van der Waals surface area contributed by atoms with Crippen LogP contribution in [0.2, 0.25) is 0 Å². The predicted octanol–water partition coefficient (Wildman–Crippen LogP) is 0.552. The highest BCUT2D eigenvalue weighted by atomic mass is 16.6. The van der Waals surface area contributed by atoms with Crippen LogP contribution in [0.1, 0.15) is 11.6 Å². The van der Waals surface area contributed by atoms with E-state index in [2.05, 4.69) is 4.74 Å². The molecule has 24 heavy (non-hydrogen) atoms. The summed E-state index contributed by atoms with van der Waals surface area (Å²) in [5, 5.41) is 11.2. The smallest absolute Gasteiger partial charge is 0.326 e. The van der Waals surface area contributed by atoms with Gasteiger partial charge in [-0.1, -0.05) is 30.3 Å². The third-order valence-corrected chi connectivity index (χ3v) is 4.17. The average molecular weight is 337 g/mol. The molecule has 1 aromatic carbocycles. The fourth-order valence-corrected chi connectivity index (χ4v) is 3.10. The highest BCUT2D eigenvalue weighted by Gasteiger charge is 2.60. The van der Waals surface area contributed by atoms with Gasteiger partial charge in [0.15, 0.2) is 0 Å². The SMILES string of the molecule is COC(=O)[C@H]1[C@H](C(=O)OC)[C@@H](c2ccccc2)N(O)[C@@H]1C(=O)OC. The molecule has 0 spiro atoms. The summed E-state index contributed by atoms with van der Waals surface area (Å²) in [4.78, 5) is 36.6. The molecule has 1 aliphatic heterocycles. The third-order valence-electron chi connectivity index (χ3n) is 4.17. The molecule has 1 N–H and O–H groups in total. The number of rotatable bonds is 4. The lowest BCUT2D eigenvalue weighted by atomic mass is 9.84. The lowest BCUT2D eigenvalue weighted by Crippen LogP contribution is -2.43. The summed E-state index contributed by atoms with van der Waals surface area (Å²) in [7, 11) is 3.45. The minimum Gasteiger partial charge on any atom is -0.469 e. The molecule has 8 nitrogen and oxygen atoms in total. The summed E-state index contributed by atoms with van der Waals surface area (Å²) in [6.45, 7) is 0. The maximum absolute atomic E-state index is 12.3. The van der Waals surface area contributed by atoms with Crippen LogP contribution < -0.4 is 0 Å². The number of carbonyl (C=O) groups is 3. The van der Waals surface area contributed by atoms with Crippen LogP contribution in [-0.2, 0) is 28.6 Å². The van der Waals surface area contributed by atoms with Gasteiger partial charge in [0.1, 0.15) is 12.0 Å². The fourth-order valence-electron chi connectivity index (χ4n) is 3.10. The minimum absolute atomic E-state index is 0.552. The van der Waals surface area contributed by atoms with Gasteiger partial charge in [-0.3, -0.25) is 14.4 Å². The molecule has 2 rings (SSSR count). The highest BCUT2D eigenvalue weighted by molar-refractivity contribution is 5.90. The summed E-state index contributed by atoms with van der Waals surface area (Å²) < 4.78 is 14.2. The van der Waals surface area contributed by atoms with Crippen molar-refractivity contribution in [2.45, 2.75) is 12.1 Å². The van der Waals surface area contributed by atoms with Crippen molar-refractivity contribution >= 4 is 17.9 Å². The van der Waals surface area contributed by atoms with E-state index in [-0.39, 0.29) is 0 Å². The standard InChI is InChI=1S/C16H19NO7/c1-22-14(18)10-11(15(19)23-2)13(16(20)24-3)17(21)12(10)9-7-5-4-6-8-9/h4-8,10-13,21H,1-3H3/t10-,11-,12+,13-/m0/s1. The molecular weight excluding hydrogens is 318 g/mol. The summed E-state index contributed by atoms with van der Waals surface area (Å²) in [5.41, 5.74) is 0.552. The van der Waals surface area contributed by atoms with Gasteiger partial charge in [-0.25, -0.2) is 0 Å². The number of carbonyl (C=O) groups excluding carboxylic acids is 3. The second-order valence-electron chi connectivity index (χ2n) is 5.30. The Bertz CT molecular complexity index is 618. The maximum Gasteiger partial charge on any atom is 0.326 e. The van der Waals surface area contributed by atoms with Crippen molar-refractivity contribution in [1.82, 2.24) is 5.06 Å². The lowest BCUT2D eigenvalue weighted by molar-refractivity contribution is -0.181. The van der Waals surface area contributed by atoms with Crippen molar-refractivity contribution < 1.29 is 33.8 Å². The Labute approximate surface area is 138 Å². The van der Waals surface area contributed by atoms with E-state index in [0.717, 1.165) is 14.2 Å². The lowest BCUT2D eigenvalue weighted by Gasteiger charge is -2.23. The van der Waals surface area contributed by atoms with Gasteiger partial charge >= 0.3 is 17.9 Å². The number of esters is 3. The molecule has 0 saturated carbocycles. The van der Waals surface area contributed by atoms with E-state index in [0.29, 0.717) is 10.6 Å². The minimum atomic E-state index is -1.38. The number of benzene rings is 1. The molecule has 0 amide bonds. The molecule has 8 heteroatoms. The zero-order valence-corrected chi connectivity index (χ0v) is 13.5. The van der Waals surface area contributed by atoms with Crippen molar-refractivity contribution in [2.75, 3.05) is 21.3 Å². The molecule has 0 aliphatic carbocycles.